The van der Waals surface area contributed by atoms with E-state index in [1.54, 1.807) is 31.4 Å². The molecule has 2 rings (SSSR count). The molecule has 0 saturated heterocycles. The highest BCUT2D eigenvalue weighted by molar-refractivity contribution is 6.35. The molecule has 0 bridgehead atoms. The van der Waals surface area contributed by atoms with Gasteiger partial charge in [0.1, 0.15) is 5.75 Å². The first-order chi connectivity index (χ1) is 12.3. The van der Waals surface area contributed by atoms with Gasteiger partial charge in [0.2, 0.25) is 11.8 Å². The van der Waals surface area contributed by atoms with Crippen molar-refractivity contribution < 1.29 is 14.3 Å². The first kappa shape index (κ1) is 20.1. The van der Waals surface area contributed by atoms with Crippen LogP contribution in [0.25, 0.3) is 0 Å². The molecule has 5 nitrogen and oxygen atoms in total. The molecule has 7 heteroatoms. The number of hydrogen-bond acceptors (Lipinski definition) is 3. The van der Waals surface area contributed by atoms with Crippen molar-refractivity contribution in [3.8, 4) is 5.75 Å². The van der Waals surface area contributed by atoms with Crippen LogP contribution in [0.4, 0.5) is 11.4 Å². The molecular weight excluding hydrogens is 375 g/mol. The third kappa shape index (κ3) is 5.38. The number of aryl methyl sites for hydroxylation is 1. The van der Waals surface area contributed by atoms with E-state index in [-0.39, 0.29) is 24.8 Å². The maximum absolute atomic E-state index is 12.3. The van der Waals surface area contributed by atoms with Crippen LogP contribution >= 0.6 is 23.2 Å². The number of benzene rings is 2. The summed E-state index contributed by atoms with van der Waals surface area (Å²) < 4.78 is 5.25. The SMILES string of the molecule is COc1ccc(C)cc1NC(=O)CCN(C(C)=O)c1cc(Cl)cc(Cl)c1. The Hall–Kier alpha value is -2.24. The standard InChI is InChI=1S/C19H20Cl2N2O3/c1-12-4-5-18(26-3)17(8-12)22-19(25)6-7-23(13(2)24)16-10-14(20)9-15(21)11-16/h4-5,8-11H,6-7H2,1-3H3,(H,22,25). The zero-order chi connectivity index (χ0) is 19.3. The van der Waals surface area contributed by atoms with E-state index in [0.717, 1.165) is 5.56 Å². The van der Waals surface area contributed by atoms with Gasteiger partial charge in [-0.1, -0.05) is 29.3 Å². The third-order valence-corrected chi connectivity index (χ3v) is 4.17. The van der Waals surface area contributed by atoms with E-state index < -0.39 is 0 Å². The summed E-state index contributed by atoms with van der Waals surface area (Å²) in [6.07, 6.45) is 0.112. The van der Waals surface area contributed by atoms with Crippen molar-refractivity contribution in [1.82, 2.24) is 0 Å². The van der Waals surface area contributed by atoms with E-state index >= 15 is 0 Å². The van der Waals surface area contributed by atoms with Crippen molar-refractivity contribution in [1.29, 1.82) is 0 Å². The van der Waals surface area contributed by atoms with Crippen LogP contribution in [-0.4, -0.2) is 25.5 Å². The predicted molar refractivity (Wildman–Crippen MR) is 105 cm³/mol. The van der Waals surface area contributed by atoms with Gasteiger partial charge in [0, 0.05) is 35.6 Å². The first-order valence-corrected chi connectivity index (χ1v) is 8.74. The molecule has 0 aliphatic rings. The molecule has 2 aromatic rings. The molecule has 2 amide bonds. The molecule has 0 aliphatic heterocycles. The number of amides is 2. The molecule has 26 heavy (non-hydrogen) atoms. The molecule has 2 aromatic carbocycles. The summed E-state index contributed by atoms with van der Waals surface area (Å²) >= 11 is 12.0. The Labute approximate surface area is 162 Å². The van der Waals surface area contributed by atoms with Gasteiger partial charge in [-0.15, -0.1) is 0 Å². The highest BCUT2D eigenvalue weighted by Gasteiger charge is 2.15. The van der Waals surface area contributed by atoms with Crippen molar-refractivity contribution in [2.45, 2.75) is 20.3 Å². The zero-order valence-corrected chi connectivity index (χ0v) is 16.3. The van der Waals surface area contributed by atoms with Crippen LogP contribution in [0, 0.1) is 6.92 Å². The van der Waals surface area contributed by atoms with Crippen LogP contribution in [0.3, 0.4) is 0 Å². The van der Waals surface area contributed by atoms with Gasteiger partial charge in [-0.05, 0) is 42.8 Å². The summed E-state index contributed by atoms with van der Waals surface area (Å²) in [4.78, 5) is 25.8. The molecule has 0 fully saturated rings. The Morgan fingerprint density at radius 2 is 1.77 bits per heavy atom. The van der Waals surface area contributed by atoms with E-state index in [2.05, 4.69) is 5.32 Å². The van der Waals surface area contributed by atoms with Crippen LogP contribution in [0.2, 0.25) is 10.0 Å². The second kappa shape index (κ2) is 8.92. The van der Waals surface area contributed by atoms with Crippen LogP contribution in [0.15, 0.2) is 36.4 Å². The number of rotatable bonds is 6. The van der Waals surface area contributed by atoms with Crippen LogP contribution in [0.1, 0.15) is 18.9 Å². The second-order valence-electron chi connectivity index (χ2n) is 5.80. The molecule has 0 saturated carbocycles. The first-order valence-electron chi connectivity index (χ1n) is 7.99. The maximum Gasteiger partial charge on any atom is 0.226 e. The average molecular weight is 395 g/mol. The molecule has 0 spiro atoms. The van der Waals surface area contributed by atoms with Crippen molar-refractivity contribution in [3.63, 3.8) is 0 Å². The molecule has 0 unspecified atom stereocenters. The lowest BCUT2D eigenvalue weighted by Gasteiger charge is -2.21. The third-order valence-electron chi connectivity index (χ3n) is 3.73. The summed E-state index contributed by atoms with van der Waals surface area (Å²) in [6.45, 7) is 3.55. The molecular formula is C19H20Cl2N2O3. The number of ether oxygens (including phenoxy) is 1. The number of nitrogens with one attached hydrogen (secondary N) is 1. The van der Waals surface area contributed by atoms with Crippen molar-refractivity contribution in [2.75, 3.05) is 23.9 Å². The number of anilines is 2. The van der Waals surface area contributed by atoms with Gasteiger partial charge in [0.15, 0.2) is 0 Å². The Bertz CT molecular complexity index is 804. The lowest BCUT2D eigenvalue weighted by atomic mass is 10.2. The Balaban J connectivity index is 2.08. The van der Waals surface area contributed by atoms with E-state index in [0.29, 0.717) is 27.2 Å². The fourth-order valence-corrected chi connectivity index (χ4v) is 3.02. The number of hydrogen-bond donors (Lipinski definition) is 1. The molecule has 0 aliphatic carbocycles. The lowest BCUT2D eigenvalue weighted by molar-refractivity contribution is -0.117. The molecule has 0 heterocycles. The number of carbonyl (C=O) groups excluding carboxylic acids is 2. The minimum absolute atomic E-state index is 0.112. The van der Waals surface area contributed by atoms with Crippen molar-refractivity contribution in [2.24, 2.45) is 0 Å². The van der Waals surface area contributed by atoms with Crippen LogP contribution in [-0.2, 0) is 9.59 Å². The number of methoxy groups -OCH3 is 1. The van der Waals surface area contributed by atoms with Crippen LogP contribution in [0.5, 0.6) is 5.75 Å². The fraction of sp³-hybridized carbons (Fsp3) is 0.263. The van der Waals surface area contributed by atoms with Gasteiger partial charge in [0.25, 0.3) is 0 Å². The van der Waals surface area contributed by atoms with Gasteiger partial charge in [0.05, 0.1) is 12.8 Å². The van der Waals surface area contributed by atoms with Crippen molar-refractivity contribution >= 4 is 46.4 Å². The Morgan fingerprint density at radius 3 is 2.35 bits per heavy atom. The Kier molecular flexibility index (Phi) is 6.89. The van der Waals surface area contributed by atoms with Gasteiger partial charge >= 0.3 is 0 Å². The highest BCUT2D eigenvalue weighted by atomic mass is 35.5. The van der Waals surface area contributed by atoms with E-state index in [4.69, 9.17) is 27.9 Å². The van der Waals surface area contributed by atoms with E-state index in [1.165, 1.54) is 11.8 Å². The number of nitrogens with zero attached hydrogens (tertiary/aromatic N) is 1. The van der Waals surface area contributed by atoms with Gasteiger partial charge in [-0.3, -0.25) is 9.59 Å². The largest absolute Gasteiger partial charge is 0.495 e. The minimum atomic E-state index is -0.228. The number of carbonyl (C=O) groups is 2. The van der Waals surface area contributed by atoms with Gasteiger partial charge < -0.3 is 15.0 Å². The van der Waals surface area contributed by atoms with Crippen molar-refractivity contribution in [3.05, 3.63) is 52.0 Å². The summed E-state index contributed by atoms with van der Waals surface area (Å²) in [7, 11) is 1.54. The molecule has 1 N–H and O–H groups in total. The lowest BCUT2D eigenvalue weighted by Crippen LogP contribution is -2.32. The topological polar surface area (TPSA) is 58.6 Å². The summed E-state index contributed by atoms with van der Waals surface area (Å²) in [5, 5.41) is 3.66. The smallest absolute Gasteiger partial charge is 0.226 e. The quantitative estimate of drug-likeness (QED) is 0.772. The fourth-order valence-electron chi connectivity index (χ4n) is 2.51. The molecule has 0 radical (unpaired) electrons. The molecule has 0 atom stereocenters. The summed E-state index contributed by atoms with van der Waals surface area (Å²) in [5.41, 5.74) is 2.15. The second-order valence-corrected chi connectivity index (χ2v) is 6.67. The zero-order valence-electron chi connectivity index (χ0n) is 14.8. The maximum atomic E-state index is 12.3. The molecule has 0 aromatic heterocycles. The normalized spacial score (nSPS) is 10.3. The monoisotopic (exact) mass is 394 g/mol. The minimum Gasteiger partial charge on any atom is -0.495 e. The molecule has 138 valence electrons. The van der Waals surface area contributed by atoms with E-state index in [9.17, 15) is 9.59 Å². The van der Waals surface area contributed by atoms with Gasteiger partial charge in [-0.25, -0.2) is 0 Å². The van der Waals surface area contributed by atoms with Gasteiger partial charge in [-0.2, -0.15) is 0 Å². The highest BCUT2D eigenvalue weighted by Crippen LogP contribution is 2.27. The van der Waals surface area contributed by atoms with Crippen LogP contribution < -0.4 is 15.0 Å². The van der Waals surface area contributed by atoms with E-state index in [1.807, 2.05) is 19.1 Å². The summed E-state index contributed by atoms with van der Waals surface area (Å²) in [5.74, 6) is 0.145. The average Bonchev–Trinajstić information content (AvgIpc) is 2.54. The number of halogens is 2. The Morgan fingerprint density at radius 1 is 1.12 bits per heavy atom. The predicted octanol–water partition coefficient (Wildman–Crippen LogP) is 4.69. The summed E-state index contributed by atoms with van der Waals surface area (Å²) in [6, 6.07) is 10.4.